The molecule has 0 bridgehead atoms. The molecular weight excluding hydrogens is 376 g/mol. The van der Waals surface area contributed by atoms with E-state index >= 15 is 0 Å². The fourth-order valence-corrected chi connectivity index (χ4v) is 3.65. The van der Waals surface area contributed by atoms with E-state index in [1.165, 1.54) is 5.56 Å². The Morgan fingerprint density at radius 1 is 1.18 bits per heavy atom. The van der Waals surface area contributed by atoms with Gasteiger partial charge in [-0.25, -0.2) is 4.98 Å². The van der Waals surface area contributed by atoms with E-state index in [0.29, 0.717) is 28.3 Å². The predicted molar refractivity (Wildman–Crippen MR) is 111 cm³/mol. The number of aromatic nitrogens is 2. The number of ether oxygens (including phenoxy) is 1. The van der Waals surface area contributed by atoms with Crippen molar-refractivity contribution in [2.75, 3.05) is 32.8 Å². The number of nitrogens with one attached hydrogen (secondary N) is 2. The van der Waals surface area contributed by atoms with Crippen LogP contribution < -0.4 is 10.9 Å². The van der Waals surface area contributed by atoms with Crippen molar-refractivity contribution in [3.63, 3.8) is 0 Å². The first-order chi connectivity index (χ1) is 13.7. The van der Waals surface area contributed by atoms with E-state index in [-0.39, 0.29) is 11.6 Å². The minimum Gasteiger partial charge on any atom is -0.379 e. The van der Waals surface area contributed by atoms with Crippen LogP contribution in [0.2, 0.25) is 5.02 Å². The van der Waals surface area contributed by atoms with Crippen molar-refractivity contribution in [1.29, 1.82) is 0 Å². The van der Waals surface area contributed by atoms with E-state index in [0.717, 1.165) is 32.8 Å². The summed E-state index contributed by atoms with van der Waals surface area (Å²) in [6, 6.07) is 15.6. The normalized spacial score (nSPS) is 16.3. The largest absolute Gasteiger partial charge is 0.379 e. The second-order valence-electron chi connectivity index (χ2n) is 6.93. The number of halogens is 1. The highest BCUT2D eigenvalue weighted by atomic mass is 35.5. The van der Waals surface area contributed by atoms with Gasteiger partial charge in [0, 0.05) is 30.7 Å². The van der Waals surface area contributed by atoms with Gasteiger partial charge in [0.2, 0.25) is 0 Å². The van der Waals surface area contributed by atoms with Gasteiger partial charge in [-0.3, -0.25) is 9.69 Å². The van der Waals surface area contributed by atoms with Crippen molar-refractivity contribution in [2.45, 2.75) is 12.6 Å². The van der Waals surface area contributed by atoms with Crippen LogP contribution in [0.3, 0.4) is 0 Å². The van der Waals surface area contributed by atoms with Gasteiger partial charge in [0.1, 0.15) is 5.82 Å². The van der Waals surface area contributed by atoms with Gasteiger partial charge in [-0.15, -0.1) is 0 Å². The maximum Gasteiger partial charge on any atom is 0.258 e. The Morgan fingerprint density at radius 2 is 1.96 bits per heavy atom. The van der Waals surface area contributed by atoms with Crippen LogP contribution >= 0.6 is 11.6 Å². The molecule has 1 atom stereocenters. The fourth-order valence-electron chi connectivity index (χ4n) is 3.48. The Kier molecular flexibility index (Phi) is 6.02. The molecule has 3 aromatic rings. The Balaban J connectivity index is 1.53. The smallest absolute Gasteiger partial charge is 0.258 e. The second-order valence-corrected chi connectivity index (χ2v) is 7.37. The first kappa shape index (κ1) is 19.1. The van der Waals surface area contributed by atoms with Gasteiger partial charge < -0.3 is 15.0 Å². The highest BCUT2D eigenvalue weighted by Gasteiger charge is 2.18. The molecule has 0 aliphatic carbocycles. The Labute approximate surface area is 168 Å². The number of hydrogen-bond acceptors (Lipinski definition) is 5. The molecule has 7 heteroatoms. The molecule has 1 aliphatic heterocycles. The SMILES string of the molecule is O=c1[nH]c(CNC(CN2CCOCC2)c2ccccc2)nc2cc(Cl)ccc12. The minimum absolute atomic E-state index is 0.125. The Morgan fingerprint density at radius 3 is 2.75 bits per heavy atom. The average molecular weight is 399 g/mol. The van der Waals surface area contributed by atoms with Crippen molar-refractivity contribution < 1.29 is 4.74 Å². The molecule has 2 heterocycles. The van der Waals surface area contributed by atoms with Crippen LogP contribution in [0, 0.1) is 0 Å². The van der Waals surface area contributed by atoms with E-state index in [1.54, 1.807) is 18.2 Å². The summed E-state index contributed by atoms with van der Waals surface area (Å²) < 4.78 is 5.46. The molecule has 1 fully saturated rings. The lowest BCUT2D eigenvalue weighted by Crippen LogP contribution is -2.42. The number of fused-ring (bicyclic) bond motifs is 1. The quantitative estimate of drug-likeness (QED) is 0.668. The molecule has 28 heavy (non-hydrogen) atoms. The highest BCUT2D eigenvalue weighted by molar-refractivity contribution is 6.31. The molecule has 1 unspecified atom stereocenters. The molecule has 1 aromatic heterocycles. The summed E-state index contributed by atoms with van der Waals surface area (Å²) in [6.07, 6.45) is 0. The van der Waals surface area contributed by atoms with Crippen LogP contribution in [0.15, 0.2) is 53.3 Å². The number of benzene rings is 2. The molecule has 0 amide bonds. The highest BCUT2D eigenvalue weighted by Crippen LogP contribution is 2.17. The molecule has 6 nitrogen and oxygen atoms in total. The van der Waals surface area contributed by atoms with Crippen LogP contribution in [0.5, 0.6) is 0 Å². The van der Waals surface area contributed by atoms with Gasteiger partial charge in [-0.05, 0) is 23.8 Å². The third-order valence-corrected chi connectivity index (χ3v) is 5.22. The second kappa shape index (κ2) is 8.84. The Hall–Kier alpha value is -2.25. The summed E-state index contributed by atoms with van der Waals surface area (Å²) in [4.78, 5) is 22.2. The summed E-state index contributed by atoms with van der Waals surface area (Å²) in [6.45, 7) is 4.71. The van der Waals surface area contributed by atoms with Gasteiger partial charge >= 0.3 is 0 Å². The molecule has 2 aromatic carbocycles. The molecule has 0 spiro atoms. The van der Waals surface area contributed by atoms with Gasteiger partial charge in [0.15, 0.2) is 0 Å². The zero-order valence-electron chi connectivity index (χ0n) is 15.5. The van der Waals surface area contributed by atoms with Crippen LogP contribution in [-0.2, 0) is 11.3 Å². The lowest BCUT2D eigenvalue weighted by Gasteiger charge is -2.31. The number of morpholine rings is 1. The fraction of sp³-hybridized carbons (Fsp3) is 0.333. The molecule has 146 valence electrons. The van der Waals surface area contributed by atoms with E-state index in [2.05, 4.69) is 32.3 Å². The molecule has 2 N–H and O–H groups in total. The molecule has 0 radical (unpaired) electrons. The van der Waals surface area contributed by atoms with E-state index in [1.807, 2.05) is 18.2 Å². The molecule has 1 saturated heterocycles. The van der Waals surface area contributed by atoms with Crippen molar-refractivity contribution in [2.24, 2.45) is 0 Å². The minimum atomic E-state index is -0.150. The summed E-state index contributed by atoms with van der Waals surface area (Å²) in [5.74, 6) is 0.600. The number of hydrogen-bond donors (Lipinski definition) is 2. The maximum absolute atomic E-state index is 12.4. The zero-order valence-corrected chi connectivity index (χ0v) is 16.3. The molecular formula is C21H23ClN4O2. The number of rotatable bonds is 6. The van der Waals surface area contributed by atoms with Gasteiger partial charge in [0.25, 0.3) is 5.56 Å². The third kappa shape index (κ3) is 4.59. The summed E-state index contributed by atoms with van der Waals surface area (Å²) in [7, 11) is 0. The topological polar surface area (TPSA) is 70.2 Å². The van der Waals surface area contributed by atoms with E-state index in [9.17, 15) is 4.79 Å². The summed E-state index contributed by atoms with van der Waals surface area (Å²) in [5.41, 5.74) is 1.67. The lowest BCUT2D eigenvalue weighted by molar-refractivity contribution is 0.0333. The van der Waals surface area contributed by atoms with Gasteiger partial charge in [-0.1, -0.05) is 41.9 Å². The number of nitrogens with zero attached hydrogens (tertiary/aromatic N) is 2. The Bertz CT molecular complexity index is 987. The van der Waals surface area contributed by atoms with E-state index < -0.39 is 0 Å². The third-order valence-electron chi connectivity index (χ3n) is 4.98. The standard InChI is InChI=1S/C21H23ClN4O2/c22-16-6-7-17-18(12-16)24-20(25-21(17)27)13-23-19(15-4-2-1-3-5-15)14-26-8-10-28-11-9-26/h1-7,12,19,23H,8-11,13-14H2,(H,24,25,27). The average Bonchev–Trinajstić information content (AvgIpc) is 2.72. The van der Waals surface area contributed by atoms with Crippen molar-refractivity contribution >= 4 is 22.5 Å². The van der Waals surface area contributed by atoms with E-state index in [4.69, 9.17) is 16.3 Å². The van der Waals surface area contributed by atoms with Crippen LogP contribution in [-0.4, -0.2) is 47.7 Å². The molecule has 0 saturated carbocycles. The zero-order chi connectivity index (χ0) is 19.3. The van der Waals surface area contributed by atoms with Crippen molar-refractivity contribution in [3.8, 4) is 0 Å². The predicted octanol–water partition coefficient (Wildman–Crippen LogP) is 2.74. The van der Waals surface area contributed by atoms with Crippen molar-refractivity contribution in [3.05, 3.63) is 75.3 Å². The van der Waals surface area contributed by atoms with Crippen LogP contribution in [0.1, 0.15) is 17.4 Å². The number of aromatic amines is 1. The maximum atomic E-state index is 12.4. The van der Waals surface area contributed by atoms with Crippen LogP contribution in [0.4, 0.5) is 0 Å². The van der Waals surface area contributed by atoms with Crippen molar-refractivity contribution in [1.82, 2.24) is 20.2 Å². The lowest BCUT2D eigenvalue weighted by atomic mass is 10.1. The summed E-state index contributed by atoms with van der Waals surface area (Å²) in [5, 5.41) is 4.67. The van der Waals surface area contributed by atoms with Gasteiger partial charge in [-0.2, -0.15) is 0 Å². The number of H-pyrrole nitrogens is 1. The summed E-state index contributed by atoms with van der Waals surface area (Å²) >= 11 is 6.06. The first-order valence-corrected chi connectivity index (χ1v) is 9.84. The molecule has 4 rings (SSSR count). The monoisotopic (exact) mass is 398 g/mol. The van der Waals surface area contributed by atoms with Gasteiger partial charge in [0.05, 0.1) is 30.7 Å². The molecule has 1 aliphatic rings. The first-order valence-electron chi connectivity index (χ1n) is 9.46. The van der Waals surface area contributed by atoms with Crippen LogP contribution in [0.25, 0.3) is 10.9 Å².